The smallest absolute Gasteiger partial charge is 0.323 e. The predicted octanol–water partition coefficient (Wildman–Crippen LogP) is 0.683. The molecule has 2 N–H and O–H groups in total. The number of ether oxygens (including phenoxy) is 1. The van der Waals surface area contributed by atoms with Gasteiger partial charge in [0.25, 0.3) is 5.91 Å². The van der Waals surface area contributed by atoms with Crippen LogP contribution in [0.1, 0.15) is 21.8 Å². The summed E-state index contributed by atoms with van der Waals surface area (Å²) in [6.45, 7) is 2.96. The van der Waals surface area contributed by atoms with Crippen LogP contribution in [0.4, 0.5) is 9.93 Å². The lowest BCUT2D eigenvalue weighted by Crippen LogP contribution is -2.43. The number of aromatic nitrogens is 1. The van der Waals surface area contributed by atoms with Gasteiger partial charge >= 0.3 is 6.03 Å². The molecule has 1 saturated heterocycles. The molecule has 0 atom stereocenters. The summed E-state index contributed by atoms with van der Waals surface area (Å²) in [6.07, 6.45) is 1.64. The van der Waals surface area contributed by atoms with Crippen LogP contribution in [0.25, 0.3) is 0 Å². The molecule has 0 aromatic carbocycles. The molecule has 2 aliphatic rings. The molecule has 0 aliphatic carbocycles. The van der Waals surface area contributed by atoms with Crippen LogP contribution in [-0.4, -0.2) is 54.7 Å². The van der Waals surface area contributed by atoms with E-state index < -0.39 is 0 Å². The number of hydrogen-bond donors (Lipinski definition) is 2. The Labute approximate surface area is 120 Å². The van der Waals surface area contributed by atoms with Crippen LogP contribution in [0.3, 0.4) is 0 Å². The maximum atomic E-state index is 12.1. The Morgan fingerprint density at radius 3 is 3.00 bits per heavy atom. The molecule has 0 bridgehead atoms. The number of fused-ring (bicyclic) bond motifs is 1. The molecule has 1 aromatic rings. The van der Waals surface area contributed by atoms with Crippen LogP contribution < -0.4 is 10.6 Å². The molecule has 3 heterocycles. The summed E-state index contributed by atoms with van der Waals surface area (Å²) in [4.78, 5) is 30.5. The van der Waals surface area contributed by atoms with E-state index in [0.29, 0.717) is 42.9 Å². The van der Waals surface area contributed by atoms with Gasteiger partial charge in [0, 0.05) is 19.6 Å². The molecule has 8 heteroatoms. The van der Waals surface area contributed by atoms with Crippen molar-refractivity contribution in [2.45, 2.75) is 12.8 Å². The Kier molecular flexibility index (Phi) is 3.83. The molecular formula is C12H16N4O3S. The van der Waals surface area contributed by atoms with Crippen LogP contribution in [0.5, 0.6) is 0 Å². The van der Waals surface area contributed by atoms with E-state index in [4.69, 9.17) is 4.74 Å². The molecule has 2 aliphatic heterocycles. The lowest BCUT2D eigenvalue weighted by atomic mass is 10.2. The summed E-state index contributed by atoms with van der Waals surface area (Å²) < 4.78 is 5.21. The van der Waals surface area contributed by atoms with Crippen molar-refractivity contribution in [2.75, 3.05) is 38.2 Å². The molecule has 1 fully saturated rings. The van der Waals surface area contributed by atoms with Crippen LogP contribution in [0.2, 0.25) is 0 Å². The van der Waals surface area contributed by atoms with Gasteiger partial charge in [-0.2, -0.15) is 0 Å². The molecule has 0 saturated carbocycles. The van der Waals surface area contributed by atoms with Gasteiger partial charge < -0.3 is 15.0 Å². The molecule has 0 spiro atoms. The molecular weight excluding hydrogens is 280 g/mol. The SMILES string of the molecule is O=C1NCCCc2nc(NC(=O)N3CCOCC3)sc21. The summed E-state index contributed by atoms with van der Waals surface area (Å²) in [5.41, 5.74) is 0.780. The van der Waals surface area contributed by atoms with Gasteiger partial charge in [-0.3, -0.25) is 10.1 Å². The van der Waals surface area contributed by atoms with Gasteiger partial charge in [-0.05, 0) is 12.8 Å². The number of carbonyl (C=O) groups excluding carboxylic acids is 2. The highest BCUT2D eigenvalue weighted by molar-refractivity contribution is 7.17. The zero-order chi connectivity index (χ0) is 13.9. The van der Waals surface area contributed by atoms with E-state index >= 15 is 0 Å². The summed E-state index contributed by atoms with van der Waals surface area (Å²) in [6, 6.07) is -0.183. The fourth-order valence-electron chi connectivity index (χ4n) is 2.23. The zero-order valence-electron chi connectivity index (χ0n) is 11.0. The highest BCUT2D eigenvalue weighted by Gasteiger charge is 2.23. The average molecular weight is 296 g/mol. The molecule has 20 heavy (non-hydrogen) atoms. The number of morpholine rings is 1. The molecule has 3 rings (SSSR count). The van der Waals surface area contributed by atoms with Crippen molar-refractivity contribution in [3.8, 4) is 0 Å². The Hall–Kier alpha value is -1.67. The van der Waals surface area contributed by atoms with Crippen molar-refractivity contribution in [3.63, 3.8) is 0 Å². The third kappa shape index (κ3) is 2.75. The van der Waals surface area contributed by atoms with Crippen LogP contribution in [0.15, 0.2) is 0 Å². The van der Waals surface area contributed by atoms with E-state index in [1.54, 1.807) is 4.90 Å². The van der Waals surface area contributed by atoms with E-state index in [-0.39, 0.29) is 11.9 Å². The second kappa shape index (κ2) is 5.76. The van der Waals surface area contributed by atoms with E-state index in [9.17, 15) is 9.59 Å². The number of aryl methyl sites for hydroxylation is 1. The van der Waals surface area contributed by atoms with Gasteiger partial charge in [0.05, 0.1) is 18.9 Å². The second-order valence-corrected chi connectivity index (χ2v) is 5.68. The summed E-state index contributed by atoms with van der Waals surface area (Å²) >= 11 is 1.24. The first-order valence-corrected chi connectivity index (χ1v) is 7.47. The molecule has 108 valence electrons. The molecule has 7 nitrogen and oxygen atoms in total. The van der Waals surface area contributed by atoms with Crippen molar-refractivity contribution >= 4 is 28.4 Å². The summed E-state index contributed by atoms with van der Waals surface area (Å²) in [7, 11) is 0. The fourth-order valence-corrected chi connectivity index (χ4v) is 3.14. The lowest BCUT2D eigenvalue weighted by molar-refractivity contribution is 0.0564. The van der Waals surface area contributed by atoms with Crippen LogP contribution in [0, 0.1) is 0 Å². The van der Waals surface area contributed by atoms with Crippen molar-refractivity contribution < 1.29 is 14.3 Å². The molecule has 3 amide bonds. The number of nitrogens with one attached hydrogen (secondary N) is 2. The second-order valence-electron chi connectivity index (χ2n) is 4.68. The third-order valence-electron chi connectivity index (χ3n) is 3.29. The van der Waals surface area contributed by atoms with Gasteiger partial charge in [-0.15, -0.1) is 0 Å². The fraction of sp³-hybridized carbons (Fsp3) is 0.583. The number of anilines is 1. The Bertz CT molecular complexity index is 525. The van der Waals surface area contributed by atoms with E-state index in [0.717, 1.165) is 18.5 Å². The first-order chi connectivity index (χ1) is 9.74. The minimum absolute atomic E-state index is 0.0955. The Morgan fingerprint density at radius 2 is 2.20 bits per heavy atom. The van der Waals surface area contributed by atoms with Crippen molar-refractivity contribution in [1.29, 1.82) is 0 Å². The van der Waals surface area contributed by atoms with Crippen LogP contribution in [-0.2, 0) is 11.2 Å². The quantitative estimate of drug-likeness (QED) is 0.798. The minimum Gasteiger partial charge on any atom is -0.378 e. The van der Waals surface area contributed by atoms with E-state index in [2.05, 4.69) is 15.6 Å². The van der Waals surface area contributed by atoms with E-state index in [1.165, 1.54) is 11.3 Å². The standard InChI is InChI=1S/C12H16N4O3S/c17-10-9-8(2-1-3-13-10)14-11(20-9)15-12(18)16-4-6-19-7-5-16/h1-7H2,(H,13,17)(H,14,15,18). The maximum absolute atomic E-state index is 12.1. The van der Waals surface area contributed by atoms with Crippen molar-refractivity contribution in [2.24, 2.45) is 0 Å². The zero-order valence-corrected chi connectivity index (χ0v) is 11.8. The topological polar surface area (TPSA) is 83.6 Å². The first kappa shape index (κ1) is 13.3. The first-order valence-electron chi connectivity index (χ1n) is 6.65. The summed E-state index contributed by atoms with van der Waals surface area (Å²) in [5.74, 6) is -0.0955. The van der Waals surface area contributed by atoms with Crippen LogP contribution >= 0.6 is 11.3 Å². The van der Waals surface area contributed by atoms with Crippen molar-refractivity contribution in [3.05, 3.63) is 10.6 Å². The molecule has 0 unspecified atom stereocenters. The normalized spacial score (nSPS) is 19.0. The Balaban J connectivity index is 1.70. The number of carbonyl (C=O) groups is 2. The number of nitrogens with zero attached hydrogens (tertiary/aromatic N) is 2. The molecule has 1 aromatic heterocycles. The number of hydrogen-bond acceptors (Lipinski definition) is 5. The van der Waals surface area contributed by atoms with E-state index in [1.807, 2.05) is 0 Å². The van der Waals surface area contributed by atoms with Gasteiger partial charge in [0.2, 0.25) is 0 Å². The maximum Gasteiger partial charge on any atom is 0.323 e. The van der Waals surface area contributed by atoms with Gasteiger partial charge in [-0.25, -0.2) is 9.78 Å². The highest BCUT2D eigenvalue weighted by Crippen LogP contribution is 2.25. The third-order valence-corrected chi connectivity index (χ3v) is 4.30. The number of thiazole rings is 1. The van der Waals surface area contributed by atoms with Crippen molar-refractivity contribution in [1.82, 2.24) is 15.2 Å². The van der Waals surface area contributed by atoms with Gasteiger partial charge in [0.15, 0.2) is 5.13 Å². The van der Waals surface area contributed by atoms with Gasteiger partial charge in [0.1, 0.15) is 4.88 Å². The highest BCUT2D eigenvalue weighted by atomic mass is 32.1. The number of urea groups is 1. The predicted molar refractivity (Wildman–Crippen MR) is 74.2 cm³/mol. The number of amides is 3. The minimum atomic E-state index is -0.183. The average Bonchev–Trinajstić information content (AvgIpc) is 2.79. The van der Waals surface area contributed by atoms with Gasteiger partial charge in [-0.1, -0.05) is 11.3 Å². The molecule has 0 radical (unpaired) electrons. The summed E-state index contributed by atoms with van der Waals surface area (Å²) in [5, 5.41) is 6.08. The largest absolute Gasteiger partial charge is 0.378 e. The number of rotatable bonds is 1. The Morgan fingerprint density at radius 1 is 1.40 bits per heavy atom. The monoisotopic (exact) mass is 296 g/mol. The lowest BCUT2D eigenvalue weighted by Gasteiger charge is -2.26.